The van der Waals surface area contributed by atoms with E-state index in [9.17, 15) is 22.8 Å². The standard InChI is InChI=1S/C22H22F3N3O2/c23-22(24,25)16-6-8-17(9-7-16)27-14-12-26(13-15-27)10-3-11-28-20(29)18-4-1-2-5-19(18)21(28)30/h1-2,4-9H,3,10-15H2/p+1. The highest BCUT2D eigenvalue weighted by molar-refractivity contribution is 6.21. The summed E-state index contributed by atoms with van der Waals surface area (Å²) in [5, 5.41) is 0. The highest BCUT2D eigenvalue weighted by Crippen LogP contribution is 2.30. The minimum Gasteiger partial charge on any atom is -0.360 e. The van der Waals surface area contributed by atoms with Gasteiger partial charge in [0.05, 0.1) is 49.4 Å². The van der Waals surface area contributed by atoms with Crippen molar-refractivity contribution in [3.8, 4) is 0 Å². The number of quaternary nitrogens is 1. The zero-order valence-electron chi connectivity index (χ0n) is 16.4. The number of imide groups is 1. The van der Waals surface area contributed by atoms with Gasteiger partial charge in [-0.3, -0.25) is 14.5 Å². The van der Waals surface area contributed by atoms with Crippen molar-refractivity contribution in [1.29, 1.82) is 0 Å². The summed E-state index contributed by atoms with van der Waals surface area (Å²) in [6, 6.07) is 12.2. The van der Waals surface area contributed by atoms with Crippen LogP contribution in [0, 0.1) is 0 Å². The molecular weight excluding hydrogens is 395 g/mol. The summed E-state index contributed by atoms with van der Waals surface area (Å²) in [5.41, 5.74) is 1.11. The van der Waals surface area contributed by atoms with Crippen LogP contribution in [0.3, 0.4) is 0 Å². The first-order valence-electron chi connectivity index (χ1n) is 10.1. The van der Waals surface area contributed by atoms with Crippen LogP contribution in [0.25, 0.3) is 0 Å². The number of carbonyl (C=O) groups excluding carboxylic acids is 2. The van der Waals surface area contributed by atoms with Crippen molar-refractivity contribution in [2.75, 3.05) is 44.2 Å². The lowest BCUT2D eigenvalue weighted by Gasteiger charge is -2.34. The Kier molecular flexibility index (Phi) is 5.51. The van der Waals surface area contributed by atoms with Gasteiger partial charge in [-0.15, -0.1) is 0 Å². The van der Waals surface area contributed by atoms with Crippen LogP contribution in [0.15, 0.2) is 48.5 Å². The van der Waals surface area contributed by atoms with Gasteiger partial charge in [-0.05, 0) is 36.4 Å². The molecule has 4 rings (SSSR count). The molecule has 2 aliphatic rings. The molecule has 5 nitrogen and oxygen atoms in total. The number of anilines is 1. The Balaban J connectivity index is 1.24. The molecule has 1 N–H and O–H groups in total. The predicted octanol–water partition coefficient (Wildman–Crippen LogP) is 2.10. The molecule has 8 heteroatoms. The van der Waals surface area contributed by atoms with E-state index in [4.69, 9.17) is 0 Å². The van der Waals surface area contributed by atoms with Gasteiger partial charge in [0.25, 0.3) is 11.8 Å². The van der Waals surface area contributed by atoms with Gasteiger partial charge in [-0.2, -0.15) is 13.2 Å². The number of hydrogen-bond donors (Lipinski definition) is 1. The molecule has 0 unspecified atom stereocenters. The molecule has 1 saturated heterocycles. The molecule has 0 atom stereocenters. The Morgan fingerprint density at radius 3 is 1.97 bits per heavy atom. The highest BCUT2D eigenvalue weighted by Gasteiger charge is 2.35. The van der Waals surface area contributed by atoms with Crippen LogP contribution in [0.5, 0.6) is 0 Å². The lowest BCUT2D eigenvalue weighted by Crippen LogP contribution is -3.15. The molecule has 2 aliphatic heterocycles. The van der Waals surface area contributed by atoms with E-state index in [1.807, 2.05) is 0 Å². The first-order valence-corrected chi connectivity index (χ1v) is 10.1. The summed E-state index contributed by atoms with van der Waals surface area (Å²) in [6.07, 6.45) is -3.60. The number of carbonyl (C=O) groups is 2. The van der Waals surface area contributed by atoms with Gasteiger partial charge in [0, 0.05) is 18.7 Å². The molecule has 0 saturated carbocycles. The molecule has 2 heterocycles. The van der Waals surface area contributed by atoms with Crippen LogP contribution in [0.2, 0.25) is 0 Å². The van der Waals surface area contributed by atoms with Crippen LogP contribution >= 0.6 is 0 Å². The quantitative estimate of drug-likeness (QED) is 0.757. The third-order valence-corrected chi connectivity index (χ3v) is 5.82. The molecule has 0 aromatic heterocycles. The number of hydrogen-bond acceptors (Lipinski definition) is 3. The fourth-order valence-corrected chi connectivity index (χ4v) is 4.12. The predicted molar refractivity (Wildman–Crippen MR) is 106 cm³/mol. The minimum atomic E-state index is -4.32. The number of nitrogens with one attached hydrogen (secondary N) is 1. The normalized spacial score (nSPS) is 17.6. The molecule has 0 aliphatic carbocycles. The Morgan fingerprint density at radius 2 is 1.43 bits per heavy atom. The summed E-state index contributed by atoms with van der Waals surface area (Å²) in [6.45, 7) is 4.49. The Hall–Kier alpha value is -2.87. The fourth-order valence-electron chi connectivity index (χ4n) is 4.12. The summed E-state index contributed by atoms with van der Waals surface area (Å²) >= 11 is 0. The second kappa shape index (κ2) is 8.10. The fraction of sp³-hybridized carbons (Fsp3) is 0.364. The Morgan fingerprint density at radius 1 is 0.867 bits per heavy atom. The van der Waals surface area contributed by atoms with Crippen LogP contribution in [-0.4, -0.2) is 56.0 Å². The van der Waals surface area contributed by atoms with Crippen molar-refractivity contribution in [2.45, 2.75) is 12.6 Å². The van der Waals surface area contributed by atoms with Gasteiger partial charge in [0.15, 0.2) is 0 Å². The van der Waals surface area contributed by atoms with E-state index >= 15 is 0 Å². The number of benzene rings is 2. The first-order chi connectivity index (χ1) is 14.3. The maximum Gasteiger partial charge on any atom is 0.416 e. The van der Waals surface area contributed by atoms with Crippen molar-refractivity contribution in [2.24, 2.45) is 0 Å². The average molecular weight is 418 g/mol. The smallest absolute Gasteiger partial charge is 0.360 e. The van der Waals surface area contributed by atoms with Gasteiger partial charge in [0.2, 0.25) is 0 Å². The zero-order valence-corrected chi connectivity index (χ0v) is 16.4. The van der Waals surface area contributed by atoms with E-state index in [1.165, 1.54) is 21.9 Å². The summed E-state index contributed by atoms with van der Waals surface area (Å²) in [7, 11) is 0. The van der Waals surface area contributed by atoms with Crippen LogP contribution in [0.1, 0.15) is 32.7 Å². The molecule has 1 fully saturated rings. The molecule has 0 bridgehead atoms. The molecule has 158 valence electrons. The van der Waals surface area contributed by atoms with E-state index in [0.29, 0.717) is 17.7 Å². The van der Waals surface area contributed by atoms with Crippen molar-refractivity contribution in [3.63, 3.8) is 0 Å². The third kappa shape index (κ3) is 4.05. The number of fused-ring (bicyclic) bond motifs is 1. The van der Waals surface area contributed by atoms with Gasteiger partial charge < -0.3 is 9.80 Å². The Bertz CT molecular complexity index is 900. The van der Waals surface area contributed by atoms with E-state index in [0.717, 1.165) is 57.0 Å². The van der Waals surface area contributed by atoms with Gasteiger partial charge in [0.1, 0.15) is 0 Å². The van der Waals surface area contributed by atoms with Crippen molar-refractivity contribution >= 4 is 17.5 Å². The van der Waals surface area contributed by atoms with Crippen molar-refractivity contribution in [1.82, 2.24) is 4.90 Å². The molecule has 2 aromatic carbocycles. The topological polar surface area (TPSA) is 45.1 Å². The van der Waals surface area contributed by atoms with E-state index < -0.39 is 11.7 Å². The number of piperazine rings is 1. The van der Waals surface area contributed by atoms with Crippen molar-refractivity contribution in [3.05, 3.63) is 65.2 Å². The van der Waals surface area contributed by atoms with Gasteiger partial charge >= 0.3 is 6.18 Å². The summed E-state index contributed by atoms with van der Waals surface area (Å²) in [5.74, 6) is -0.449. The number of amides is 2. The molecule has 30 heavy (non-hydrogen) atoms. The second-order valence-corrected chi connectivity index (χ2v) is 7.69. The van der Waals surface area contributed by atoms with E-state index in [1.54, 1.807) is 24.3 Å². The molecule has 0 radical (unpaired) electrons. The summed E-state index contributed by atoms with van der Waals surface area (Å²) < 4.78 is 38.1. The highest BCUT2D eigenvalue weighted by atomic mass is 19.4. The lowest BCUT2D eigenvalue weighted by atomic mass is 10.1. The van der Waals surface area contributed by atoms with Gasteiger partial charge in [-0.1, -0.05) is 12.1 Å². The second-order valence-electron chi connectivity index (χ2n) is 7.69. The number of halogens is 3. The van der Waals surface area contributed by atoms with Crippen LogP contribution in [-0.2, 0) is 6.18 Å². The monoisotopic (exact) mass is 418 g/mol. The molecule has 2 aromatic rings. The van der Waals surface area contributed by atoms with Crippen LogP contribution < -0.4 is 9.80 Å². The molecule has 2 amide bonds. The van der Waals surface area contributed by atoms with E-state index in [2.05, 4.69) is 4.90 Å². The number of nitrogens with zero attached hydrogens (tertiary/aromatic N) is 2. The number of alkyl halides is 3. The zero-order chi connectivity index (χ0) is 21.3. The van der Waals surface area contributed by atoms with Crippen LogP contribution in [0.4, 0.5) is 18.9 Å². The van der Waals surface area contributed by atoms with Crippen molar-refractivity contribution < 1.29 is 27.7 Å². The van der Waals surface area contributed by atoms with Gasteiger partial charge in [-0.25, -0.2) is 0 Å². The van der Waals surface area contributed by atoms with E-state index in [-0.39, 0.29) is 11.8 Å². The molecular formula is C22H23F3N3O2+. The molecule has 0 spiro atoms. The average Bonchev–Trinajstić information content (AvgIpc) is 2.99. The minimum absolute atomic E-state index is 0.224. The lowest BCUT2D eigenvalue weighted by molar-refractivity contribution is -0.900. The first kappa shape index (κ1) is 20.4. The maximum atomic E-state index is 12.7. The third-order valence-electron chi connectivity index (χ3n) is 5.82. The number of rotatable bonds is 5. The largest absolute Gasteiger partial charge is 0.416 e. The maximum absolute atomic E-state index is 12.7. The Labute approximate surface area is 172 Å². The summed E-state index contributed by atoms with van der Waals surface area (Å²) in [4.78, 5) is 29.6. The SMILES string of the molecule is O=C1c2ccccc2C(=O)N1CCC[NH+]1CCN(c2ccc(C(F)(F)F)cc2)CC1.